The van der Waals surface area contributed by atoms with Gasteiger partial charge in [0.05, 0.1) is 12.3 Å². The van der Waals surface area contributed by atoms with E-state index in [1.54, 1.807) is 0 Å². The highest BCUT2D eigenvalue weighted by Gasteiger charge is 2.12. The van der Waals surface area contributed by atoms with Gasteiger partial charge in [0.2, 0.25) is 5.91 Å². The number of nitrogens with one attached hydrogen (secondary N) is 1. The van der Waals surface area contributed by atoms with E-state index in [9.17, 15) is 4.79 Å². The first kappa shape index (κ1) is 15.5. The molecule has 0 aliphatic rings. The van der Waals surface area contributed by atoms with Gasteiger partial charge in [0, 0.05) is 6.42 Å². The quantitative estimate of drug-likeness (QED) is 0.796. The number of ether oxygens (including phenoxy) is 1. The van der Waals surface area contributed by atoms with Crippen molar-refractivity contribution in [2.45, 2.75) is 33.6 Å². The van der Waals surface area contributed by atoms with Crippen LogP contribution in [0.2, 0.25) is 0 Å². The van der Waals surface area contributed by atoms with Crippen LogP contribution >= 0.6 is 0 Å². The Balaban J connectivity index is 2.72. The maximum atomic E-state index is 12.0. The second-order valence-electron chi connectivity index (χ2n) is 4.69. The van der Waals surface area contributed by atoms with E-state index in [0.29, 0.717) is 19.6 Å². The molecule has 4 heteroatoms. The third-order valence-electron chi connectivity index (χ3n) is 3.10. The van der Waals surface area contributed by atoms with Crippen molar-refractivity contribution in [3.8, 4) is 5.75 Å². The molecule has 4 nitrogen and oxygen atoms in total. The Labute approximate surface area is 115 Å². The molecule has 1 aromatic carbocycles. The van der Waals surface area contributed by atoms with Crippen molar-refractivity contribution in [2.24, 2.45) is 11.7 Å². The van der Waals surface area contributed by atoms with Gasteiger partial charge >= 0.3 is 0 Å². The lowest BCUT2D eigenvalue weighted by molar-refractivity contribution is -0.117. The second-order valence-corrected chi connectivity index (χ2v) is 4.69. The number of hydrogen-bond acceptors (Lipinski definition) is 3. The van der Waals surface area contributed by atoms with Crippen molar-refractivity contribution < 1.29 is 9.53 Å². The van der Waals surface area contributed by atoms with E-state index in [0.717, 1.165) is 23.4 Å². The average molecular weight is 264 g/mol. The topological polar surface area (TPSA) is 64.3 Å². The van der Waals surface area contributed by atoms with Crippen LogP contribution in [0.3, 0.4) is 0 Å². The number of carbonyl (C=O) groups excluding carboxylic acids is 1. The molecule has 0 spiro atoms. The minimum Gasteiger partial charge on any atom is -0.492 e. The number of aryl methyl sites for hydroxylation is 1. The zero-order valence-corrected chi connectivity index (χ0v) is 12.0. The fraction of sp³-hybridized carbons (Fsp3) is 0.533. The van der Waals surface area contributed by atoms with Gasteiger partial charge in [0.15, 0.2) is 0 Å². The zero-order valence-electron chi connectivity index (χ0n) is 12.0. The minimum absolute atomic E-state index is 0.0119. The zero-order chi connectivity index (χ0) is 14.3. The van der Waals surface area contributed by atoms with Crippen LogP contribution in [0.15, 0.2) is 18.2 Å². The highest BCUT2D eigenvalue weighted by atomic mass is 16.5. The molecule has 1 unspecified atom stereocenters. The fourth-order valence-corrected chi connectivity index (χ4v) is 1.87. The summed E-state index contributed by atoms with van der Waals surface area (Å²) >= 11 is 0. The van der Waals surface area contributed by atoms with Crippen LogP contribution < -0.4 is 15.8 Å². The molecule has 1 rings (SSSR count). The standard InChI is InChI=1S/C15H24N2O2/c1-4-12(10-16)9-15(18)17-13-7-6-11(3)8-14(13)19-5-2/h6-8,12H,4-5,9-10,16H2,1-3H3,(H,17,18). The Bertz CT molecular complexity index is 415. The number of benzene rings is 1. The second kappa shape index (κ2) is 7.79. The number of hydrogen-bond donors (Lipinski definition) is 2. The van der Waals surface area contributed by atoms with Gasteiger partial charge in [-0.2, -0.15) is 0 Å². The maximum Gasteiger partial charge on any atom is 0.224 e. The van der Waals surface area contributed by atoms with Crippen molar-refractivity contribution in [1.82, 2.24) is 0 Å². The van der Waals surface area contributed by atoms with Gasteiger partial charge in [0.25, 0.3) is 0 Å². The van der Waals surface area contributed by atoms with Crippen molar-refractivity contribution in [2.75, 3.05) is 18.5 Å². The molecule has 1 atom stereocenters. The van der Waals surface area contributed by atoms with E-state index in [-0.39, 0.29) is 11.8 Å². The van der Waals surface area contributed by atoms with Crippen molar-refractivity contribution in [1.29, 1.82) is 0 Å². The summed E-state index contributed by atoms with van der Waals surface area (Å²) in [4.78, 5) is 12.0. The summed E-state index contributed by atoms with van der Waals surface area (Å²) in [6, 6.07) is 5.76. The van der Waals surface area contributed by atoms with Crippen molar-refractivity contribution in [3.63, 3.8) is 0 Å². The molecule has 0 aromatic heterocycles. The van der Waals surface area contributed by atoms with Crippen LogP contribution in [-0.2, 0) is 4.79 Å². The number of nitrogens with two attached hydrogens (primary N) is 1. The average Bonchev–Trinajstić information content (AvgIpc) is 2.39. The Hall–Kier alpha value is -1.55. The lowest BCUT2D eigenvalue weighted by atomic mass is 10.0. The monoisotopic (exact) mass is 264 g/mol. The van der Waals surface area contributed by atoms with E-state index in [2.05, 4.69) is 5.32 Å². The number of anilines is 1. The molecule has 0 saturated heterocycles. The van der Waals surface area contributed by atoms with E-state index in [1.807, 2.05) is 39.0 Å². The smallest absolute Gasteiger partial charge is 0.224 e. The summed E-state index contributed by atoms with van der Waals surface area (Å²) < 4.78 is 5.54. The van der Waals surface area contributed by atoms with E-state index < -0.39 is 0 Å². The van der Waals surface area contributed by atoms with Gasteiger partial charge in [-0.25, -0.2) is 0 Å². The van der Waals surface area contributed by atoms with E-state index >= 15 is 0 Å². The highest BCUT2D eigenvalue weighted by molar-refractivity contribution is 5.92. The van der Waals surface area contributed by atoms with Gasteiger partial charge in [0.1, 0.15) is 5.75 Å². The van der Waals surface area contributed by atoms with E-state index in [1.165, 1.54) is 0 Å². The molecule has 0 bridgehead atoms. The van der Waals surface area contributed by atoms with Gasteiger partial charge in [-0.05, 0) is 44.0 Å². The summed E-state index contributed by atoms with van der Waals surface area (Å²) in [5.74, 6) is 0.944. The van der Waals surface area contributed by atoms with Crippen LogP contribution in [0.1, 0.15) is 32.3 Å². The molecule has 1 aromatic rings. The largest absolute Gasteiger partial charge is 0.492 e. The van der Waals surface area contributed by atoms with Crippen LogP contribution in [0.5, 0.6) is 5.75 Å². The Morgan fingerprint density at radius 1 is 1.42 bits per heavy atom. The molecular weight excluding hydrogens is 240 g/mol. The highest BCUT2D eigenvalue weighted by Crippen LogP contribution is 2.26. The Morgan fingerprint density at radius 2 is 2.16 bits per heavy atom. The van der Waals surface area contributed by atoms with Crippen molar-refractivity contribution >= 4 is 11.6 Å². The fourth-order valence-electron chi connectivity index (χ4n) is 1.87. The molecule has 0 heterocycles. The number of amides is 1. The van der Waals surface area contributed by atoms with Crippen molar-refractivity contribution in [3.05, 3.63) is 23.8 Å². The van der Waals surface area contributed by atoms with Gasteiger partial charge in [-0.3, -0.25) is 4.79 Å². The predicted molar refractivity (Wildman–Crippen MR) is 78.4 cm³/mol. The Morgan fingerprint density at radius 3 is 2.74 bits per heavy atom. The lowest BCUT2D eigenvalue weighted by Crippen LogP contribution is -2.22. The first-order chi connectivity index (χ1) is 9.10. The molecule has 3 N–H and O–H groups in total. The Kier molecular flexibility index (Phi) is 6.36. The molecule has 106 valence electrons. The minimum atomic E-state index is -0.0119. The van der Waals surface area contributed by atoms with Gasteiger partial charge < -0.3 is 15.8 Å². The molecule has 0 aliphatic carbocycles. The summed E-state index contributed by atoms with van der Waals surface area (Å²) in [5, 5.41) is 2.90. The number of carbonyl (C=O) groups is 1. The lowest BCUT2D eigenvalue weighted by Gasteiger charge is -2.15. The maximum absolute atomic E-state index is 12.0. The summed E-state index contributed by atoms with van der Waals surface area (Å²) in [6.07, 6.45) is 1.36. The first-order valence-electron chi connectivity index (χ1n) is 6.84. The van der Waals surface area contributed by atoms with Gasteiger partial charge in [-0.15, -0.1) is 0 Å². The van der Waals surface area contributed by atoms with Crippen LogP contribution in [0.25, 0.3) is 0 Å². The van der Waals surface area contributed by atoms with E-state index in [4.69, 9.17) is 10.5 Å². The SMILES string of the molecule is CCOc1cc(C)ccc1NC(=O)CC(CC)CN. The summed E-state index contributed by atoms with van der Waals surface area (Å²) in [6.45, 7) is 7.08. The molecular formula is C15H24N2O2. The normalized spacial score (nSPS) is 12.0. The molecule has 0 saturated carbocycles. The first-order valence-corrected chi connectivity index (χ1v) is 6.84. The van der Waals surface area contributed by atoms with Crippen LogP contribution in [0, 0.1) is 12.8 Å². The third kappa shape index (κ3) is 4.91. The molecule has 0 radical (unpaired) electrons. The molecule has 19 heavy (non-hydrogen) atoms. The predicted octanol–water partition coefficient (Wildman–Crippen LogP) is 2.71. The summed E-state index contributed by atoms with van der Waals surface area (Å²) in [7, 11) is 0. The van der Waals surface area contributed by atoms with Gasteiger partial charge in [-0.1, -0.05) is 19.4 Å². The molecule has 0 fully saturated rings. The number of rotatable bonds is 7. The van der Waals surface area contributed by atoms with Crippen LogP contribution in [0.4, 0.5) is 5.69 Å². The third-order valence-corrected chi connectivity index (χ3v) is 3.10. The summed E-state index contributed by atoms with van der Waals surface area (Å²) in [5.41, 5.74) is 7.45. The molecule has 1 amide bonds. The van der Waals surface area contributed by atoms with Crippen LogP contribution in [-0.4, -0.2) is 19.1 Å². The molecule has 0 aliphatic heterocycles.